The first kappa shape index (κ1) is 24.5. The molecule has 9 nitrogen and oxygen atoms in total. The normalized spacial score (nSPS) is 13.5. The Morgan fingerprint density at radius 1 is 1.11 bits per heavy atom. The van der Waals surface area contributed by atoms with Gasteiger partial charge in [0, 0.05) is 5.92 Å². The second-order valence-corrected chi connectivity index (χ2v) is 10.5. The van der Waals surface area contributed by atoms with Crippen molar-refractivity contribution in [3.63, 3.8) is 0 Å². The van der Waals surface area contributed by atoms with Crippen LogP contribution in [-0.4, -0.2) is 46.9 Å². The van der Waals surface area contributed by atoms with Crippen molar-refractivity contribution in [3.05, 3.63) is 71.5 Å². The van der Waals surface area contributed by atoms with Crippen molar-refractivity contribution >= 4 is 27.6 Å². The highest BCUT2D eigenvalue weighted by Gasteiger charge is 2.33. The maximum atomic E-state index is 13.5. The summed E-state index contributed by atoms with van der Waals surface area (Å²) < 4.78 is 29.3. The Labute approximate surface area is 203 Å². The number of nitrogens with zero attached hydrogens (tertiary/aromatic N) is 3. The lowest BCUT2D eigenvalue weighted by atomic mass is 10.1. The lowest BCUT2D eigenvalue weighted by molar-refractivity contribution is -0.135. The summed E-state index contributed by atoms with van der Waals surface area (Å²) in [6.07, 6.45) is 5.83. The topological polar surface area (TPSA) is 130 Å². The molecule has 0 spiro atoms. The number of sulfonamides is 1. The number of anilines is 1. The summed E-state index contributed by atoms with van der Waals surface area (Å²) in [5, 5.41) is 23.3. The van der Waals surface area contributed by atoms with Crippen molar-refractivity contribution in [3.8, 4) is 5.69 Å². The second kappa shape index (κ2) is 9.91. The third-order valence-corrected chi connectivity index (χ3v) is 7.76. The zero-order valence-corrected chi connectivity index (χ0v) is 20.1. The first-order chi connectivity index (χ1) is 16.7. The van der Waals surface area contributed by atoms with Crippen molar-refractivity contribution in [1.82, 2.24) is 9.78 Å². The van der Waals surface area contributed by atoms with Gasteiger partial charge in [-0.3, -0.25) is 9.10 Å². The van der Waals surface area contributed by atoms with Gasteiger partial charge in [-0.25, -0.2) is 17.9 Å². The summed E-state index contributed by atoms with van der Waals surface area (Å²) in [6, 6.07) is 12.8. The maximum absolute atomic E-state index is 13.5. The van der Waals surface area contributed by atoms with Crippen molar-refractivity contribution in [2.24, 2.45) is 0 Å². The Kier molecular flexibility index (Phi) is 6.93. The minimum atomic E-state index is -4.18. The predicted octanol–water partition coefficient (Wildman–Crippen LogP) is 4.07. The summed E-state index contributed by atoms with van der Waals surface area (Å²) in [6.45, 7) is 1.31. The van der Waals surface area contributed by atoms with E-state index in [0.717, 1.165) is 42.0 Å². The largest absolute Gasteiger partial charge is 0.480 e. The molecule has 1 heterocycles. The Bertz CT molecular complexity index is 1340. The number of hydrogen-bond acceptors (Lipinski definition) is 5. The van der Waals surface area contributed by atoms with Gasteiger partial charge < -0.3 is 10.2 Å². The van der Waals surface area contributed by atoms with Gasteiger partial charge in [-0.2, -0.15) is 5.10 Å². The molecule has 0 radical (unpaired) electrons. The van der Waals surface area contributed by atoms with Gasteiger partial charge in [0.25, 0.3) is 10.0 Å². The Balaban J connectivity index is 1.73. The third kappa shape index (κ3) is 5.22. The number of aryl methyl sites for hydroxylation is 1. The number of aromatic carboxylic acids is 1. The Morgan fingerprint density at radius 2 is 1.83 bits per heavy atom. The van der Waals surface area contributed by atoms with E-state index in [1.165, 1.54) is 35.1 Å². The van der Waals surface area contributed by atoms with Crippen LogP contribution in [0.3, 0.4) is 0 Å². The predicted molar refractivity (Wildman–Crippen MR) is 130 cm³/mol. The van der Waals surface area contributed by atoms with E-state index >= 15 is 0 Å². The van der Waals surface area contributed by atoms with Gasteiger partial charge in [0.15, 0.2) is 0 Å². The second-order valence-electron chi connectivity index (χ2n) is 8.61. The fraction of sp³-hybridized carbons (Fsp3) is 0.320. The molecule has 1 aliphatic rings. The summed E-state index contributed by atoms with van der Waals surface area (Å²) in [5.41, 5.74) is 2.28. The average molecular weight is 498 g/mol. The van der Waals surface area contributed by atoms with Gasteiger partial charge in [0.1, 0.15) is 12.1 Å². The molecule has 1 fully saturated rings. The SMILES string of the molecule is CCCCc1ccc(S(=O)(=O)N(CC(=O)O)c2cccc(-n3ncc(C(=O)O)c3C3CC3)c2)cc1. The van der Waals surface area contributed by atoms with Crippen molar-refractivity contribution < 1.29 is 28.2 Å². The standard InChI is InChI=1S/C25H27N3O6S/c1-2-3-5-17-8-12-21(13-9-17)35(33,34)27(16-23(29)30)19-6-4-7-20(14-19)28-24(18-10-11-18)22(15-26-28)25(31)32/h4,6-9,12-15,18H,2-3,5,10-11,16H2,1H3,(H,29,30)(H,31,32). The van der Waals surface area contributed by atoms with Crippen molar-refractivity contribution in [1.29, 1.82) is 0 Å². The number of rotatable bonds is 11. The average Bonchev–Trinajstić information content (AvgIpc) is 3.58. The summed E-state index contributed by atoms with van der Waals surface area (Å²) in [4.78, 5) is 23.3. The molecular formula is C25H27N3O6S. The quantitative estimate of drug-likeness (QED) is 0.408. The number of unbranched alkanes of at least 4 members (excludes halogenated alkanes) is 1. The number of carboxylic acids is 2. The molecule has 0 atom stereocenters. The molecule has 0 saturated heterocycles. The van der Waals surface area contributed by atoms with E-state index < -0.39 is 28.5 Å². The van der Waals surface area contributed by atoms with Crippen LogP contribution in [0.25, 0.3) is 5.69 Å². The zero-order chi connectivity index (χ0) is 25.2. The fourth-order valence-electron chi connectivity index (χ4n) is 4.03. The van der Waals surface area contributed by atoms with Gasteiger partial charge in [0.2, 0.25) is 0 Å². The molecule has 0 bridgehead atoms. The van der Waals surface area contributed by atoms with Gasteiger partial charge >= 0.3 is 11.9 Å². The Hall–Kier alpha value is -3.66. The van der Waals surface area contributed by atoms with Crippen LogP contribution >= 0.6 is 0 Å². The molecule has 0 aliphatic heterocycles. The lowest BCUT2D eigenvalue weighted by Gasteiger charge is -2.23. The van der Waals surface area contributed by atoms with Crippen LogP contribution in [0.2, 0.25) is 0 Å². The van der Waals surface area contributed by atoms with E-state index in [-0.39, 0.29) is 22.1 Å². The lowest BCUT2D eigenvalue weighted by Crippen LogP contribution is -2.35. The molecule has 0 amide bonds. The number of carboxylic acid groups (broad SMARTS) is 2. The van der Waals surface area contributed by atoms with Crippen LogP contribution in [0.5, 0.6) is 0 Å². The molecule has 1 saturated carbocycles. The molecule has 35 heavy (non-hydrogen) atoms. The molecule has 1 aromatic heterocycles. The monoisotopic (exact) mass is 497 g/mol. The number of aromatic nitrogens is 2. The smallest absolute Gasteiger partial charge is 0.339 e. The summed E-state index contributed by atoms with van der Waals surface area (Å²) >= 11 is 0. The fourth-order valence-corrected chi connectivity index (χ4v) is 5.44. The van der Waals surface area contributed by atoms with E-state index in [1.54, 1.807) is 24.3 Å². The number of hydrogen-bond donors (Lipinski definition) is 2. The molecule has 1 aliphatic carbocycles. The molecule has 184 valence electrons. The molecule has 0 unspecified atom stereocenters. The van der Waals surface area contributed by atoms with E-state index in [9.17, 15) is 28.2 Å². The summed E-state index contributed by atoms with van der Waals surface area (Å²) in [7, 11) is -4.18. The minimum absolute atomic E-state index is 0.00433. The van der Waals surface area contributed by atoms with Crippen LogP contribution in [0.15, 0.2) is 59.6 Å². The number of benzene rings is 2. The van der Waals surface area contributed by atoms with Crippen LogP contribution in [0, 0.1) is 0 Å². The highest BCUT2D eigenvalue weighted by Crippen LogP contribution is 2.42. The summed E-state index contributed by atoms with van der Waals surface area (Å²) in [5.74, 6) is -2.31. The number of carbonyl (C=O) groups is 2. The van der Waals surface area contributed by atoms with E-state index in [2.05, 4.69) is 12.0 Å². The van der Waals surface area contributed by atoms with Crippen molar-refractivity contribution in [2.45, 2.75) is 49.8 Å². The highest BCUT2D eigenvalue weighted by atomic mass is 32.2. The van der Waals surface area contributed by atoms with Crippen LogP contribution in [0.4, 0.5) is 5.69 Å². The zero-order valence-electron chi connectivity index (χ0n) is 19.3. The van der Waals surface area contributed by atoms with Gasteiger partial charge in [0.05, 0.1) is 28.2 Å². The molecule has 2 N–H and O–H groups in total. The van der Waals surface area contributed by atoms with Crippen LogP contribution in [0.1, 0.15) is 60.1 Å². The van der Waals surface area contributed by atoms with Crippen molar-refractivity contribution in [2.75, 3.05) is 10.8 Å². The third-order valence-electron chi connectivity index (χ3n) is 5.97. The molecule has 10 heteroatoms. The van der Waals surface area contributed by atoms with E-state index in [1.807, 2.05) is 0 Å². The van der Waals surface area contributed by atoms with E-state index in [4.69, 9.17) is 0 Å². The highest BCUT2D eigenvalue weighted by molar-refractivity contribution is 7.92. The molecule has 4 rings (SSSR count). The van der Waals surface area contributed by atoms with Crippen LogP contribution in [-0.2, 0) is 21.2 Å². The Morgan fingerprint density at radius 3 is 2.43 bits per heavy atom. The van der Waals surface area contributed by atoms with Gasteiger partial charge in [-0.15, -0.1) is 0 Å². The minimum Gasteiger partial charge on any atom is -0.480 e. The first-order valence-corrected chi connectivity index (χ1v) is 12.9. The first-order valence-electron chi connectivity index (χ1n) is 11.5. The molecule has 3 aromatic rings. The van der Waals surface area contributed by atoms with Gasteiger partial charge in [-0.1, -0.05) is 31.5 Å². The van der Waals surface area contributed by atoms with E-state index in [0.29, 0.717) is 11.4 Å². The molecular weight excluding hydrogens is 470 g/mol. The van der Waals surface area contributed by atoms with Crippen LogP contribution < -0.4 is 4.31 Å². The molecule has 2 aromatic carbocycles. The van der Waals surface area contributed by atoms with Gasteiger partial charge in [-0.05, 0) is 61.6 Å². The number of aliphatic carboxylic acids is 1. The maximum Gasteiger partial charge on any atom is 0.339 e.